The molecule has 0 bridgehead atoms. The van der Waals surface area contributed by atoms with Crippen molar-refractivity contribution in [2.75, 3.05) is 27.7 Å². The van der Waals surface area contributed by atoms with Crippen LogP contribution < -0.4 is 4.74 Å². The van der Waals surface area contributed by atoms with Gasteiger partial charge in [0.1, 0.15) is 10.9 Å². The van der Waals surface area contributed by atoms with E-state index in [1.165, 1.54) is 0 Å². The number of methoxy groups -OCH3 is 1. The average molecular weight is 401 g/mol. The van der Waals surface area contributed by atoms with E-state index in [9.17, 15) is 9.90 Å². The van der Waals surface area contributed by atoms with Crippen LogP contribution in [0.15, 0.2) is 53.8 Å². The molecule has 1 aliphatic heterocycles. The van der Waals surface area contributed by atoms with Crippen LogP contribution in [0.1, 0.15) is 17.2 Å². The summed E-state index contributed by atoms with van der Waals surface area (Å²) in [6, 6.07) is 10.1. The number of likely N-dealkylation sites (N-methyl/N-ethyl adjacent to an activating group) is 1. The van der Waals surface area contributed by atoms with Crippen LogP contribution in [-0.2, 0) is 4.79 Å². The fraction of sp³-hybridized carbons (Fsp3) is 0.250. The lowest BCUT2D eigenvalue weighted by molar-refractivity contribution is -0.122. The summed E-state index contributed by atoms with van der Waals surface area (Å²) in [5.41, 5.74) is 1.56. The molecule has 0 aliphatic carbocycles. The summed E-state index contributed by atoms with van der Waals surface area (Å²) in [4.78, 5) is 25.3. The van der Waals surface area contributed by atoms with Gasteiger partial charge in [0, 0.05) is 26.8 Å². The minimum Gasteiger partial charge on any atom is -0.515 e. The third-order valence-corrected chi connectivity index (χ3v) is 4.85. The molecule has 1 fully saturated rings. The van der Waals surface area contributed by atoms with Crippen LogP contribution >= 0.6 is 11.6 Å². The third-order valence-electron chi connectivity index (χ3n) is 4.63. The molecule has 28 heavy (non-hydrogen) atoms. The van der Waals surface area contributed by atoms with Crippen molar-refractivity contribution in [3.05, 3.63) is 65.1 Å². The molecule has 1 N–H and O–H groups in total. The fourth-order valence-electron chi connectivity index (χ4n) is 3.25. The van der Waals surface area contributed by atoms with Gasteiger partial charge in [0.15, 0.2) is 0 Å². The number of benzene rings is 1. The van der Waals surface area contributed by atoms with Crippen molar-refractivity contribution in [2.45, 2.75) is 6.04 Å². The molecule has 0 radical (unpaired) electrons. The SMILES string of the molecule is CN=C1N(C)CC(c2ccc(Cl)nc2)N1C(=O)/C(=C/O)c1ccc(OC)cc1. The lowest BCUT2D eigenvalue weighted by Crippen LogP contribution is -2.38. The minimum atomic E-state index is -0.363. The second kappa shape index (κ2) is 8.31. The maximum Gasteiger partial charge on any atom is 0.264 e. The van der Waals surface area contributed by atoms with Crippen LogP contribution in [0.5, 0.6) is 5.75 Å². The van der Waals surface area contributed by atoms with Crippen LogP contribution in [0, 0.1) is 0 Å². The molecule has 7 nitrogen and oxygen atoms in total. The zero-order chi connectivity index (χ0) is 20.3. The number of aromatic nitrogens is 1. The summed E-state index contributed by atoms with van der Waals surface area (Å²) in [5.74, 6) is 0.811. The maximum atomic E-state index is 13.4. The summed E-state index contributed by atoms with van der Waals surface area (Å²) in [6.45, 7) is 0.545. The molecule has 3 rings (SSSR count). The van der Waals surface area contributed by atoms with Crippen molar-refractivity contribution in [1.29, 1.82) is 0 Å². The Morgan fingerprint density at radius 2 is 2.04 bits per heavy atom. The van der Waals surface area contributed by atoms with Crippen LogP contribution in [0.3, 0.4) is 0 Å². The number of guanidine groups is 1. The van der Waals surface area contributed by atoms with Gasteiger partial charge in [-0.25, -0.2) is 4.98 Å². The molecule has 2 heterocycles. The molecule has 1 aromatic heterocycles. The summed E-state index contributed by atoms with van der Waals surface area (Å²) < 4.78 is 5.16. The Morgan fingerprint density at radius 3 is 2.57 bits per heavy atom. The lowest BCUT2D eigenvalue weighted by Gasteiger charge is -2.25. The largest absolute Gasteiger partial charge is 0.515 e. The second-order valence-corrected chi connectivity index (χ2v) is 6.67. The highest BCUT2D eigenvalue weighted by Crippen LogP contribution is 2.32. The number of aliphatic imine (C=N–C) groups is 1. The first-order valence-corrected chi connectivity index (χ1v) is 8.99. The molecule has 0 spiro atoms. The summed E-state index contributed by atoms with van der Waals surface area (Å²) in [7, 11) is 5.06. The number of ether oxygens (including phenoxy) is 1. The smallest absolute Gasteiger partial charge is 0.264 e. The predicted octanol–water partition coefficient (Wildman–Crippen LogP) is 3.14. The van der Waals surface area contributed by atoms with E-state index < -0.39 is 0 Å². The first-order chi connectivity index (χ1) is 13.5. The number of amides is 1. The third kappa shape index (κ3) is 3.66. The Morgan fingerprint density at radius 1 is 1.32 bits per heavy atom. The van der Waals surface area contributed by atoms with E-state index in [1.54, 1.807) is 55.6 Å². The van der Waals surface area contributed by atoms with E-state index in [4.69, 9.17) is 16.3 Å². The van der Waals surface area contributed by atoms with E-state index >= 15 is 0 Å². The Kier molecular flexibility index (Phi) is 5.84. The van der Waals surface area contributed by atoms with Crippen molar-refractivity contribution in [3.63, 3.8) is 0 Å². The highest BCUT2D eigenvalue weighted by Gasteiger charge is 2.40. The number of hydrogen-bond donors (Lipinski definition) is 1. The fourth-order valence-corrected chi connectivity index (χ4v) is 3.36. The normalized spacial score (nSPS) is 18.6. The van der Waals surface area contributed by atoms with Crippen LogP contribution in [0.2, 0.25) is 5.15 Å². The van der Waals surface area contributed by atoms with Gasteiger partial charge >= 0.3 is 0 Å². The quantitative estimate of drug-likeness (QED) is 0.484. The maximum absolute atomic E-state index is 13.4. The van der Waals surface area contributed by atoms with E-state index in [-0.39, 0.29) is 17.5 Å². The Balaban J connectivity index is 1.99. The van der Waals surface area contributed by atoms with Crippen LogP contribution in [-0.4, -0.2) is 59.5 Å². The topological polar surface area (TPSA) is 78.3 Å². The van der Waals surface area contributed by atoms with Crippen molar-refractivity contribution >= 4 is 29.0 Å². The second-order valence-electron chi connectivity index (χ2n) is 6.28. The molecule has 1 aromatic carbocycles. The Labute approximate surface area is 168 Å². The zero-order valence-corrected chi connectivity index (χ0v) is 16.6. The van der Waals surface area contributed by atoms with Gasteiger partial charge in [0.05, 0.1) is 25.0 Å². The molecule has 146 valence electrons. The first-order valence-electron chi connectivity index (χ1n) is 8.62. The monoisotopic (exact) mass is 400 g/mol. The number of aliphatic hydroxyl groups is 1. The van der Waals surface area contributed by atoms with Gasteiger partial charge in [-0.05, 0) is 29.3 Å². The van der Waals surface area contributed by atoms with Crippen LogP contribution in [0.4, 0.5) is 0 Å². The molecule has 8 heteroatoms. The molecular weight excluding hydrogens is 380 g/mol. The number of halogens is 1. The van der Waals surface area contributed by atoms with E-state index in [0.717, 1.165) is 11.8 Å². The van der Waals surface area contributed by atoms with Crippen molar-refractivity contribution in [2.24, 2.45) is 4.99 Å². The number of hydrogen-bond acceptors (Lipinski definition) is 5. The highest BCUT2D eigenvalue weighted by molar-refractivity contribution is 6.29. The number of nitrogens with zero attached hydrogens (tertiary/aromatic N) is 4. The molecule has 1 saturated heterocycles. The van der Waals surface area contributed by atoms with E-state index in [0.29, 0.717) is 29.0 Å². The summed E-state index contributed by atoms with van der Waals surface area (Å²) >= 11 is 5.90. The first kappa shape index (κ1) is 19.7. The lowest BCUT2D eigenvalue weighted by atomic mass is 10.0. The summed E-state index contributed by atoms with van der Waals surface area (Å²) in [5, 5.41) is 10.2. The minimum absolute atomic E-state index is 0.158. The van der Waals surface area contributed by atoms with Gasteiger partial charge in [-0.1, -0.05) is 29.8 Å². The van der Waals surface area contributed by atoms with Gasteiger partial charge < -0.3 is 14.7 Å². The van der Waals surface area contributed by atoms with Crippen molar-refractivity contribution in [3.8, 4) is 5.75 Å². The number of pyridine rings is 1. The molecule has 1 unspecified atom stereocenters. The number of aliphatic hydroxyl groups excluding tert-OH is 1. The van der Waals surface area contributed by atoms with Crippen LogP contribution in [0.25, 0.3) is 5.57 Å². The predicted molar refractivity (Wildman–Crippen MR) is 108 cm³/mol. The van der Waals surface area contributed by atoms with Gasteiger partial charge in [-0.3, -0.25) is 14.7 Å². The van der Waals surface area contributed by atoms with Crippen molar-refractivity contribution < 1.29 is 14.6 Å². The number of carbonyl (C=O) groups is 1. The van der Waals surface area contributed by atoms with E-state index in [2.05, 4.69) is 9.98 Å². The summed E-state index contributed by atoms with van der Waals surface area (Å²) in [6.07, 6.45) is 2.47. The molecule has 2 aromatic rings. The molecule has 1 amide bonds. The number of rotatable bonds is 4. The molecule has 0 saturated carbocycles. The van der Waals surface area contributed by atoms with Gasteiger partial charge in [0.25, 0.3) is 5.91 Å². The zero-order valence-electron chi connectivity index (χ0n) is 15.8. The highest BCUT2D eigenvalue weighted by atomic mass is 35.5. The molecule has 1 atom stereocenters. The molecule has 1 aliphatic rings. The van der Waals surface area contributed by atoms with Gasteiger partial charge in [-0.15, -0.1) is 0 Å². The van der Waals surface area contributed by atoms with Gasteiger partial charge in [0.2, 0.25) is 5.96 Å². The van der Waals surface area contributed by atoms with Crippen molar-refractivity contribution in [1.82, 2.24) is 14.8 Å². The standard InChI is InChI=1S/C20H21ClN4O3/c1-22-20-24(2)11-17(14-6-9-18(21)23-10-14)25(20)19(27)16(12-26)13-4-7-15(28-3)8-5-13/h4-10,12,17,26H,11H2,1-3H3/b16-12+,22-20?. The van der Waals surface area contributed by atoms with E-state index in [1.807, 2.05) is 18.0 Å². The Bertz CT molecular complexity index is 910. The Hall–Kier alpha value is -3.06. The van der Waals surface area contributed by atoms with Gasteiger partial charge in [-0.2, -0.15) is 0 Å². The molecular formula is C20H21ClN4O3. The average Bonchev–Trinajstić information content (AvgIpc) is 3.05. The number of carbonyl (C=O) groups excluding carboxylic acids is 1.